The smallest absolute Gasteiger partial charge is 0.338 e. The number of rotatable bonds is 9. The minimum absolute atomic E-state index is 0.106. The van der Waals surface area contributed by atoms with Crippen LogP contribution in [0, 0.1) is 0 Å². The molecular formula is C16H20O5. The second kappa shape index (κ2) is 7.02. The maximum Gasteiger partial charge on any atom is 0.338 e. The van der Waals surface area contributed by atoms with Crippen LogP contribution in [0.5, 0.6) is 0 Å². The SMILES string of the molecule is O=C(OCC1CO1)c1ccc(CCCOCC2CO2)cc1. The zero-order valence-corrected chi connectivity index (χ0v) is 12.0. The van der Waals surface area contributed by atoms with E-state index < -0.39 is 0 Å². The van der Waals surface area contributed by atoms with Crippen molar-refractivity contribution in [3.8, 4) is 0 Å². The minimum atomic E-state index is -0.287. The third kappa shape index (κ3) is 5.12. The van der Waals surface area contributed by atoms with Crippen LogP contribution in [0.1, 0.15) is 22.3 Å². The van der Waals surface area contributed by atoms with Gasteiger partial charge in [0, 0.05) is 6.61 Å². The summed E-state index contributed by atoms with van der Waals surface area (Å²) in [7, 11) is 0. The number of benzene rings is 1. The largest absolute Gasteiger partial charge is 0.459 e. The summed E-state index contributed by atoms with van der Waals surface area (Å²) in [5.41, 5.74) is 1.78. The maximum absolute atomic E-state index is 11.7. The van der Waals surface area contributed by atoms with E-state index in [4.69, 9.17) is 18.9 Å². The van der Waals surface area contributed by atoms with Crippen molar-refractivity contribution in [2.45, 2.75) is 25.0 Å². The van der Waals surface area contributed by atoms with E-state index in [1.165, 1.54) is 5.56 Å². The van der Waals surface area contributed by atoms with Crippen molar-refractivity contribution in [1.82, 2.24) is 0 Å². The van der Waals surface area contributed by atoms with Crippen LogP contribution in [-0.4, -0.2) is 51.2 Å². The first-order chi connectivity index (χ1) is 10.3. The van der Waals surface area contributed by atoms with Gasteiger partial charge in [-0.05, 0) is 30.5 Å². The summed E-state index contributed by atoms with van der Waals surface area (Å²) in [6.07, 6.45) is 2.34. The molecular weight excluding hydrogens is 272 g/mol. The molecule has 2 atom stereocenters. The van der Waals surface area contributed by atoms with E-state index in [2.05, 4.69) is 0 Å². The highest BCUT2D eigenvalue weighted by Crippen LogP contribution is 2.12. The first-order valence-corrected chi connectivity index (χ1v) is 7.38. The second-order valence-corrected chi connectivity index (χ2v) is 5.38. The lowest BCUT2D eigenvalue weighted by Gasteiger charge is -2.05. The van der Waals surface area contributed by atoms with E-state index in [0.717, 1.165) is 26.1 Å². The van der Waals surface area contributed by atoms with Gasteiger partial charge < -0.3 is 18.9 Å². The number of ether oxygens (including phenoxy) is 4. The van der Waals surface area contributed by atoms with Crippen LogP contribution in [0.2, 0.25) is 0 Å². The minimum Gasteiger partial charge on any atom is -0.459 e. The van der Waals surface area contributed by atoms with Crippen molar-refractivity contribution in [3.63, 3.8) is 0 Å². The van der Waals surface area contributed by atoms with Crippen LogP contribution in [0.4, 0.5) is 0 Å². The van der Waals surface area contributed by atoms with Gasteiger partial charge >= 0.3 is 5.97 Å². The Labute approximate surface area is 124 Å². The van der Waals surface area contributed by atoms with Gasteiger partial charge in [0.15, 0.2) is 0 Å². The van der Waals surface area contributed by atoms with Gasteiger partial charge in [-0.25, -0.2) is 4.79 Å². The first-order valence-electron chi connectivity index (χ1n) is 7.38. The van der Waals surface area contributed by atoms with E-state index in [0.29, 0.717) is 31.5 Å². The molecule has 0 N–H and O–H groups in total. The molecule has 0 radical (unpaired) electrons. The van der Waals surface area contributed by atoms with E-state index in [1.54, 1.807) is 0 Å². The number of hydrogen-bond donors (Lipinski definition) is 0. The van der Waals surface area contributed by atoms with Crippen molar-refractivity contribution in [3.05, 3.63) is 35.4 Å². The van der Waals surface area contributed by atoms with Gasteiger partial charge in [-0.15, -0.1) is 0 Å². The van der Waals surface area contributed by atoms with Crippen molar-refractivity contribution >= 4 is 5.97 Å². The van der Waals surface area contributed by atoms with Gasteiger partial charge in [-0.3, -0.25) is 0 Å². The van der Waals surface area contributed by atoms with Crippen molar-refractivity contribution in [2.75, 3.05) is 33.0 Å². The van der Waals surface area contributed by atoms with E-state index in [1.807, 2.05) is 24.3 Å². The molecule has 2 saturated heterocycles. The Balaban J connectivity index is 1.34. The predicted octanol–water partition coefficient (Wildman–Crippen LogP) is 1.59. The van der Waals surface area contributed by atoms with E-state index in [-0.39, 0.29) is 12.1 Å². The Morgan fingerprint density at radius 3 is 2.43 bits per heavy atom. The fraction of sp³-hybridized carbons (Fsp3) is 0.562. The Hall–Kier alpha value is -1.43. The summed E-state index contributed by atoms with van der Waals surface area (Å²) in [6.45, 7) is 3.33. The number of esters is 1. The lowest BCUT2D eigenvalue weighted by molar-refractivity contribution is 0.0476. The summed E-state index contributed by atoms with van der Waals surface area (Å²) in [6, 6.07) is 7.55. The fourth-order valence-electron chi connectivity index (χ4n) is 1.98. The molecule has 114 valence electrons. The molecule has 5 nitrogen and oxygen atoms in total. The standard InChI is InChI=1S/C16H20O5/c17-16(21-11-15-10-20-15)13-5-3-12(4-6-13)2-1-7-18-8-14-9-19-14/h3-6,14-15H,1-2,7-11H2. The molecule has 0 aromatic heterocycles. The van der Waals surface area contributed by atoms with Crippen LogP contribution < -0.4 is 0 Å². The quantitative estimate of drug-likeness (QED) is 0.393. The van der Waals surface area contributed by atoms with Gasteiger partial charge in [-0.2, -0.15) is 0 Å². The molecule has 5 heteroatoms. The number of aryl methyl sites for hydroxylation is 1. The Morgan fingerprint density at radius 2 is 1.76 bits per heavy atom. The van der Waals surface area contributed by atoms with Gasteiger partial charge in [0.1, 0.15) is 18.8 Å². The van der Waals surface area contributed by atoms with Crippen LogP contribution in [-0.2, 0) is 25.4 Å². The van der Waals surface area contributed by atoms with Crippen molar-refractivity contribution in [1.29, 1.82) is 0 Å². The molecule has 0 aliphatic carbocycles. The van der Waals surface area contributed by atoms with Crippen molar-refractivity contribution < 1.29 is 23.7 Å². The fourth-order valence-corrected chi connectivity index (χ4v) is 1.98. The summed E-state index contributed by atoms with van der Waals surface area (Å²) in [4.78, 5) is 11.7. The van der Waals surface area contributed by atoms with E-state index >= 15 is 0 Å². The Bertz CT molecular complexity index is 462. The molecule has 2 aliphatic rings. The highest BCUT2D eigenvalue weighted by atomic mass is 16.6. The highest BCUT2D eigenvalue weighted by molar-refractivity contribution is 5.89. The Morgan fingerprint density at radius 1 is 1.10 bits per heavy atom. The molecule has 0 bridgehead atoms. The highest BCUT2D eigenvalue weighted by Gasteiger charge is 2.24. The molecule has 2 aliphatic heterocycles. The number of carbonyl (C=O) groups is 1. The molecule has 1 aromatic carbocycles. The lowest BCUT2D eigenvalue weighted by Crippen LogP contribution is -2.10. The van der Waals surface area contributed by atoms with Crippen LogP contribution in [0.25, 0.3) is 0 Å². The molecule has 0 saturated carbocycles. The number of epoxide rings is 2. The molecule has 2 fully saturated rings. The topological polar surface area (TPSA) is 60.6 Å². The number of hydrogen-bond acceptors (Lipinski definition) is 5. The average molecular weight is 292 g/mol. The third-order valence-corrected chi connectivity index (χ3v) is 3.45. The Kier molecular flexibility index (Phi) is 4.85. The van der Waals surface area contributed by atoms with Crippen molar-refractivity contribution in [2.24, 2.45) is 0 Å². The summed E-state index contributed by atoms with van der Waals surface area (Å²) < 4.78 is 20.7. The van der Waals surface area contributed by atoms with Gasteiger partial charge in [0.25, 0.3) is 0 Å². The van der Waals surface area contributed by atoms with Gasteiger partial charge in [0.2, 0.25) is 0 Å². The molecule has 1 aromatic rings. The first kappa shape index (κ1) is 14.5. The maximum atomic E-state index is 11.7. The van der Waals surface area contributed by atoms with Crippen LogP contribution in [0.15, 0.2) is 24.3 Å². The molecule has 0 spiro atoms. The van der Waals surface area contributed by atoms with E-state index in [9.17, 15) is 4.79 Å². The third-order valence-electron chi connectivity index (χ3n) is 3.45. The molecule has 2 unspecified atom stereocenters. The number of carbonyl (C=O) groups excluding carboxylic acids is 1. The van der Waals surface area contributed by atoms with Crippen LogP contribution >= 0.6 is 0 Å². The van der Waals surface area contributed by atoms with Gasteiger partial charge in [0.05, 0.1) is 25.4 Å². The molecule has 21 heavy (non-hydrogen) atoms. The average Bonchev–Trinajstić information content (AvgIpc) is 3.38. The lowest BCUT2D eigenvalue weighted by atomic mass is 10.1. The molecule has 0 amide bonds. The zero-order valence-electron chi connectivity index (χ0n) is 12.0. The molecule has 3 rings (SSSR count). The normalized spacial score (nSPS) is 22.9. The second-order valence-electron chi connectivity index (χ2n) is 5.38. The monoisotopic (exact) mass is 292 g/mol. The predicted molar refractivity (Wildman–Crippen MR) is 75.3 cm³/mol. The summed E-state index contributed by atoms with van der Waals surface area (Å²) >= 11 is 0. The molecule has 2 heterocycles. The zero-order chi connectivity index (χ0) is 14.5. The van der Waals surface area contributed by atoms with Gasteiger partial charge in [-0.1, -0.05) is 12.1 Å². The summed E-state index contributed by atoms with van der Waals surface area (Å²) in [5.74, 6) is -0.287. The summed E-state index contributed by atoms with van der Waals surface area (Å²) in [5, 5.41) is 0. The van der Waals surface area contributed by atoms with Crippen LogP contribution in [0.3, 0.4) is 0 Å².